The van der Waals surface area contributed by atoms with Crippen LogP contribution in [0.2, 0.25) is 0 Å². The molecule has 1 aromatic carbocycles. The van der Waals surface area contributed by atoms with E-state index in [-0.39, 0.29) is 11.5 Å². The summed E-state index contributed by atoms with van der Waals surface area (Å²) in [6, 6.07) is 6.55. The molecule has 1 saturated heterocycles. The molecule has 1 N–H and O–H groups in total. The first kappa shape index (κ1) is 14.5. The van der Waals surface area contributed by atoms with Gasteiger partial charge in [-0.05, 0) is 36.0 Å². The average Bonchev–Trinajstić information content (AvgIpc) is 2.37. The first-order valence-corrected chi connectivity index (χ1v) is 8.07. The van der Waals surface area contributed by atoms with E-state index in [1.54, 1.807) is 28.6 Å². The van der Waals surface area contributed by atoms with E-state index in [2.05, 4.69) is 13.8 Å². The first-order chi connectivity index (χ1) is 8.93. The zero-order valence-electron chi connectivity index (χ0n) is 11.4. The molecule has 19 heavy (non-hydrogen) atoms. The molecule has 0 aliphatic carbocycles. The summed E-state index contributed by atoms with van der Waals surface area (Å²) in [6.07, 6.45) is 1.07. The lowest BCUT2D eigenvalue weighted by Crippen LogP contribution is -2.42. The summed E-state index contributed by atoms with van der Waals surface area (Å²) in [5, 5.41) is 9.11. The van der Waals surface area contributed by atoms with E-state index in [1.807, 2.05) is 0 Å². The lowest BCUT2D eigenvalue weighted by atomic mass is 9.94. The van der Waals surface area contributed by atoms with Crippen LogP contribution in [0.5, 0.6) is 0 Å². The molecule has 0 radical (unpaired) electrons. The lowest BCUT2D eigenvalue weighted by Gasteiger charge is -2.34. The summed E-state index contributed by atoms with van der Waals surface area (Å²) in [7, 11) is -3.44. The molecular formula is C14H21NO3S. The molecule has 2 rings (SSSR count). The van der Waals surface area contributed by atoms with E-state index in [1.165, 1.54) is 0 Å². The number of nitrogens with zero attached hydrogens (tertiary/aromatic N) is 1. The van der Waals surface area contributed by atoms with Crippen molar-refractivity contribution in [1.82, 2.24) is 4.31 Å². The van der Waals surface area contributed by atoms with Crippen LogP contribution in [0.3, 0.4) is 0 Å². The Balaban J connectivity index is 2.30. The van der Waals surface area contributed by atoms with Crippen molar-refractivity contribution in [3.8, 4) is 0 Å². The number of hydrogen-bond acceptors (Lipinski definition) is 3. The van der Waals surface area contributed by atoms with E-state index in [0.717, 1.165) is 6.42 Å². The minimum absolute atomic E-state index is 0.143. The molecule has 1 aromatic rings. The van der Waals surface area contributed by atoms with Crippen LogP contribution in [0.4, 0.5) is 0 Å². The molecule has 2 atom stereocenters. The number of hydrogen-bond donors (Lipinski definition) is 1. The maximum atomic E-state index is 12.6. The topological polar surface area (TPSA) is 57.6 Å². The van der Waals surface area contributed by atoms with Gasteiger partial charge in [0.15, 0.2) is 0 Å². The molecule has 0 spiro atoms. The highest BCUT2D eigenvalue weighted by Crippen LogP contribution is 2.26. The Morgan fingerprint density at radius 3 is 2.47 bits per heavy atom. The number of piperidine rings is 1. The van der Waals surface area contributed by atoms with Crippen molar-refractivity contribution in [2.24, 2.45) is 11.8 Å². The van der Waals surface area contributed by atoms with Gasteiger partial charge in [-0.1, -0.05) is 26.0 Å². The van der Waals surface area contributed by atoms with Gasteiger partial charge in [0, 0.05) is 13.1 Å². The molecule has 0 aromatic heterocycles. The number of rotatable bonds is 3. The van der Waals surface area contributed by atoms with Crippen molar-refractivity contribution in [2.75, 3.05) is 13.1 Å². The Bertz CT molecular complexity index is 531. The van der Waals surface area contributed by atoms with Crippen molar-refractivity contribution in [3.63, 3.8) is 0 Å². The number of benzene rings is 1. The molecule has 106 valence electrons. The minimum atomic E-state index is -3.44. The Labute approximate surface area is 115 Å². The number of sulfonamides is 1. The van der Waals surface area contributed by atoms with Gasteiger partial charge in [-0.25, -0.2) is 8.42 Å². The molecule has 0 saturated carbocycles. The van der Waals surface area contributed by atoms with E-state index in [9.17, 15) is 8.42 Å². The molecule has 1 aliphatic rings. The summed E-state index contributed by atoms with van der Waals surface area (Å²) >= 11 is 0. The van der Waals surface area contributed by atoms with Crippen LogP contribution in [0.25, 0.3) is 0 Å². The highest BCUT2D eigenvalue weighted by molar-refractivity contribution is 7.89. The van der Waals surface area contributed by atoms with Crippen molar-refractivity contribution >= 4 is 10.0 Å². The largest absolute Gasteiger partial charge is 0.392 e. The standard InChI is InChI=1S/C14H21NO3S/c1-11-6-12(2)9-15(8-11)19(17,18)14-5-3-4-13(7-14)10-16/h3-5,7,11-12,16H,6,8-10H2,1-2H3. The van der Waals surface area contributed by atoms with Gasteiger partial charge in [-0.15, -0.1) is 0 Å². The second-order valence-corrected chi connectivity index (χ2v) is 7.51. The van der Waals surface area contributed by atoms with Gasteiger partial charge in [0.25, 0.3) is 0 Å². The lowest BCUT2D eigenvalue weighted by molar-refractivity contribution is 0.222. The molecule has 2 unspecified atom stereocenters. The van der Waals surface area contributed by atoms with E-state index in [4.69, 9.17) is 5.11 Å². The minimum Gasteiger partial charge on any atom is -0.392 e. The highest BCUT2D eigenvalue weighted by Gasteiger charge is 2.31. The Hall–Kier alpha value is -0.910. The van der Waals surface area contributed by atoms with Crippen LogP contribution in [0.1, 0.15) is 25.8 Å². The molecule has 1 fully saturated rings. The predicted molar refractivity (Wildman–Crippen MR) is 74.1 cm³/mol. The summed E-state index contributed by atoms with van der Waals surface area (Å²) in [4.78, 5) is 0.278. The monoisotopic (exact) mass is 283 g/mol. The first-order valence-electron chi connectivity index (χ1n) is 6.63. The molecule has 0 amide bonds. The molecule has 4 nitrogen and oxygen atoms in total. The van der Waals surface area contributed by atoms with Crippen molar-refractivity contribution < 1.29 is 13.5 Å². The van der Waals surface area contributed by atoms with Crippen LogP contribution >= 0.6 is 0 Å². The summed E-state index contributed by atoms with van der Waals surface area (Å²) in [5.74, 6) is 0.777. The Morgan fingerprint density at radius 2 is 1.89 bits per heavy atom. The van der Waals surface area contributed by atoms with Gasteiger partial charge in [0.1, 0.15) is 0 Å². The fourth-order valence-corrected chi connectivity index (χ4v) is 4.51. The van der Waals surface area contributed by atoms with Crippen LogP contribution in [0.15, 0.2) is 29.2 Å². The number of aliphatic hydroxyl groups is 1. The highest BCUT2D eigenvalue weighted by atomic mass is 32.2. The summed E-state index contributed by atoms with van der Waals surface area (Å²) in [5.41, 5.74) is 0.624. The van der Waals surface area contributed by atoms with Gasteiger partial charge in [0.2, 0.25) is 10.0 Å². The molecular weight excluding hydrogens is 262 g/mol. The third-order valence-corrected chi connectivity index (χ3v) is 5.38. The van der Waals surface area contributed by atoms with Gasteiger partial charge in [-0.3, -0.25) is 0 Å². The van der Waals surface area contributed by atoms with Crippen LogP contribution in [-0.2, 0) is 16.6 Å². The fraction of sp³-hybridized carbons (Fsp3) is 0.571. The van der Waals surface area contributed by atoms with Crippen molar-refractivity contribution in [1.29, 1.82) is 0 Å². The van der Waals surface area contributed by atoms with Crippen LogP contribution in [0, 0.1) is 11.8 Å². The Kier molecular flexibility index (Phi) is 4.28. The molecule has 1 heterocycles. The quantitative estimate of drug-likeness (QED) is 0.921. The predicted octanol–water partition coefficient (Wildman–Crippen LogP) is 1.85. The maximum absolute atomic E-state index is 12.6. The van der Waals surface area contributed by atoms with Crippen molar-refractivity contribution in [2.45, 2.75) is 31.8 Å². The molecule has 1 aliphatic heterocycles. The SMILES string of the molecule is CC1CC(C)CN(S(=O)(=O)c2cccc(CO)c2)C1. The second kappa shape index (κ2) is 5.61. The fourth-order valence-electron chi connectivity index (χ4n) is 2.76. The van der Waals surface area contributed by atoms with E-state index < -0.39 is 10.0 Å². The summed E-state index contributed by atoms with van der Waals surface area (Å²) in [6.45, 7) is 5.19. The third-order valence-electron chi connectivity index (χ3n) is 3.55. The molecule has 5 heteroatoms. The zero-order chi connectivity index (χ0) is 14.0. The van der Waals surface area contributed by atoms with E-state index >= 15 is 0 Å². The Morgan fingerprint density at radius 1 is 1.26 bits per heavy atom. The van der Waals surface area contributed by atoms with Gasteiger partial charge in [0.05, 0.1) is 11.5 Å². The normalized spacial score (nSPS) is 25.4. The van der Waals surface area contributed by atoms with Gasteiger partial charge < -0.3 is 5.11 Å². The number of aliphatic hydroxyl groups excluding tert-OH is 1. The maximum Gasteiger partial charge on any atom is 0.243 e. The van der Waals surface area contributed by atoms with Crippen LogP contribution in [-0.4, -0.2) is 30.9 Å². The van der Waals surface area contributed by atoms with E-state index in [0.29, 0.717) is 30.5 Å². The second-order valence-electron chi connectivity index (χ2n) is 5.57. The summed E-state index contributed by atoms with van der Waals surface area (Å²) < 4.78 is 26.8. The van der Waals surface area contributed by atoms with Crippen molar-refractivity contribution in [3.05, 3.63) is 29.8 Å². The van der Waals surface area contributed by atoms with Gasteiger partial charge in [-0.2, -0.15) is 4.31 Å². The van der Waals surface area contributed by atoms with Gasteiger partial charge >= 0.3 is 0 Å². The van der Waals surface area contributed by atoms with Crippen LogP contribution < -0.4 is 0 Å². The average molecular weight is 283 g/mol. The smallest absolute Gasteiger partial charge is 0.243 e. The zero-order valence-corrected chi connectivity index (χ0v) is 12.2. The molecule has 0 bridgehead atoms. The third kappa shape index (κ3) is 3.16.